The molecule has 164 valence electrons. The van der Waals surface area contributed by atoms with Gasteiger partial charge in [-0.1, -0.05) is 55.5 Å². The Hall–Kier alpha value is -3.15. The number of amides is 1. The van der Waals surface area contributed by atoms with Gasteiger partial charge in [-0.3, -0.25) is 14.5 Å². The van der Waals surface area contributed by atoms with Crippen LogP contribution >= 0.6 is 0 Å². The van der Waals surface area contributed by atoms with Gasteiger partial charge in [-0.25, -0.2) is 4.79 Å². The molecule has 0 fully saturated rings. The van der Waals surface area contributed by atoms with E-state index in [1.165, 1.54) is 4.90 Å². The third-order valence-corrected chi connectivity index (χ3v) is 5.80. The summed E-state index contributed by atoms with van der Waals surface area (Å²) in [6, 6.07) is 16.2. The number of hydrogen-bond acceptors (Lipinski definition) is 4. The molecular weight excluding hydrogens is 394 g/mol. The first kappa shape index (κ1) is 22.5. The predicted octanol–water partition coefficient (Wildman–Crippen LogP) is 3.87. The summed E-state index contributed by atoms with van der Waals surface area (Å²) in [7, 11) is 0. The van der Waals surface area contributed by atoms with Crippen molar-refractivity contribution < 1.29 is 24.2 Å². The number of carboxylic acid groups (broad SMARTS) is 1. The van der Waals surface area contributed by atoms with Crippen LogP contribution in [0, 0.1) is 11.8 Å². The fourth-order valence-electron chi connectivity index (χ4n) is 4.20. The summed E-state index contributed by atoms with van der Waals surface area (Å²) in [5.74, 6) is -2.55. The predicted molar refractivity (Wildman–Crippen MR) is 118 cm³/mol. The topological polar surface area (TPSA) is 83.9 Å². The zero-order valence-corrected chi connectivity index (χ0v) is 18.0. The number of hydrogen-bond donors (Lipinski definition) is 1. The molecule has 0 radical (unpaired) electrons. The van der Waals surface area contributed by atoms with E-state index in [2.05, 4.69) is 0 Å². The summed E-state index contributed by atoms with van der Waals surface area (Å²) >= 11 is 0. The number of benzene rings is 2. The van der Waals surface area contributed by atoms with Crippen molar-refractivity contribution in [2.24, 2.45) is 11.8 Å². The molecule has 3 atom stereocenters. The van der Waals surface area contributed by atoms with E-state index >= 15 is 0 Å². The number of carbonyl (C=O) groups excluding carboxylic acids is 2. The molecule has 1 aliphatic rings. The number of rotatable bonds is 9. The second-order valence-corrected chi connectivity index (χ2v) is 8.01. The SMILES string of the molecule is CCOC(=O)[C@H](CCc1ccccc1)C[C@@H](C)C(=O)N1c2ccccc2C[C@H]1C(=O)O. The minimum Gasteiger partial charge on any atom is -0.480 e. The summed E-state index contributed by atoms with van der Waals surface area (Å²) in [5.41, 5.74) is 2.61. The Labute approximate surface area is 182 Å². The zero-order chi connectivity index (χ0) is 22.4. The molecule has 0 spiro atoms. The molecule has 2 aromatic carbocycles. The molecule has 1 N–H and O–H groups in total. The van der Waals surface area contributed by atoms with Crippen LogP contribution < -0.4 is 4.90 Å². The molecule has 31 heavy (non-hydrogen) atoms. The Balaban J connectivity index is 1.75. The van der Waals surface area contributed by atoms with E-state index < -0.39 is 23.8 Å². The van der Waals surface area contributed by atoms with E-state index in [1.54, 1.807) is 26.0 Å². The molecule has 2 aromatic rings. The van der Waals surface area contributed by atoms with Gasteiger partial charge in [-0.15, -0.1) is 0 Å². The van der Waals surface area contributed by atoms with Gasteiger partial charge in [0.1, 0.15) is 6.04 Å². The van der Waals surface area contributed by atoms with Gasteiger partial charge in [-0.05, 0) is 43.4 Å². The molecular formula is C25H29NO5. The highest BCUT2D eigenvalue weighted by Crippen LogP contribution is 2.34. The van der Waals surface area contributed by atoms with E-state index in [4.69, 9.17) is 4.74 Å². The highest BCUT2D eigenvalue weighted by molar-refractivity contribution is 6.03. The molecule has 1 amide bonds. The minimum atomic E-state index is -1.03. The van der Waals surface area contributed by atoms with Crippen LogP contribution in [0.15, 0.2) is 54.6 Å². The Kier molecular flexibility index (Phi) is 7.45. The van der Waals surface area contributed by atoms with Crippen LogP contribution in [-0.4, -0.2) is 35.6 Å². The Morgan fingerprint density at radius 2 is 1.77 bits per heavy atom. The third kappa shape index (κ3) is 5.32. The van der Waals surface area contributed by atoms with Gasteiger partial charge in [-0.2, -0.15) is 0 Å². The van der Waals surface area contributed by atoms with Gasteiger partial charge in [0, 0.05) is 18.0 Å². The maximum Gasteiger partial charge on any atom is 0.327 e. The summed E-state index contributed by atoms with van der Waals surface area (Å²) in [6.07, 6.45) is 1.88. The first-order chi connectivity index (χ1) is 14.9. The Morgan fingerprint density at radius 1 is 1.10 bits per heavy atom. The number of esters is 1. The van der Waals surface area contributed by atoms with Crippen LogP contribution in [0.2, 0.25) is 0 Å². The molecule has 0 unspecified atom stereocenters. The number of fused-ring (bicyclic) bond motifs is 1. The van der Waals surface area contributed by atoms with Gasteiger partial charge in [0.25, 0.3) is 0 Å². The van der Waals surface area contributed by atoms with Crippen molar-refractivity contribution in [1.82, 2.24) is 0 Å². The Bertz CT molecular complexity index is 927. The zero-order valence-electron chi connectivity index (χ0n) is 18.0. The summed E-state index contributed by atoms with van der Waals surface area (Å²) in [6.45, 7) is 3.81. The minimum absolute atomic E-state index is 0.272. The standard InChI is InChI=1S/C25H29NO5/c1-3-31-25(30)20(14-13-18-9-5-4-6-10-18)15-17(2)23(27)26-21-12-8-7-11-19(21)16-22(26)24(28)29/h4-12,17,20,22H,3,13-16H2,1-2H3,(H,28,29)/t17-,20-,22+/m1/s1. The van der Waals surface area contributed by atoms with Crippen LogP contribution in [0.3, 0.4) is 0 Å². The molecule has 0 saturated carbocycles. The van der Waals surface area contributed by atoms with E-state index in [9.17, 15) is 19.5 Å². The first-order valence-corrected chi connectivity index (χ1v) is 10.8. The van der Waals surface area contributed by atoms with E-state index in [-0.39, 0.29) is 18.5 Å². The van der Waals surface area contributed by atoms with E-state index in [0.717, 1.165) is 11.1 Å². The van der Waals surface area contributed by atoms with Crippen LogP contribution in [0.25, 0.3) is 0 Å². The van der Waals surface area contributed by atoms with Gasteiger partial charge >= 0.3 is 11.9 Å². The molecule has 0 bridgehead atoms. The van der Waals surface area contributed by atoms with E-state index in [1.807, 2.05) is 42.5 Å². The molecule has 0 aromatic heterocycles. The number of carboxylic acids is 1. The number of ether oxygens (including phenoxy) is 1. The monoisotopic (exact) mass is 423 g/mol. The molecule has 6 nitrogen and oxygen atoms in total. The summed E-state index contributed by atoms with van der Waals surface area (Å²) < 4.78 is 5.26. The molecule has 3 rings (SSSR count). The van der Waals surface area contributed by atoms with Crippen molar-refractivity contribution in [1.29, 1.82) is 0 Å². The average molecular weight is 424 g/mol. The van der Waals surface area contributed by atoms with E-state index in [0.29, 0.717) is 31.4 Å². The molecule has 1 aliphatic heterocycles. The molecule has 0 saturated heterocycles. The lowest BCUT2D eigenvalue weighted by atomic mass is 9.89. The molecule has 6 heteroatoms. The number of aryl methyl sites for hydroxylation is 1. The van der Waals surface area contributed by atoms with Crippen LogP contribution in [-0.2, 0) is 32.0 Å². The highest BCUT2D eigenvalue weighted by Gasteiger charge is 2.40. The Morgan fingerprint density at radius 3 is 2.45 bits per heavy atom. The van der Waals surface area contributed by atoms with Gasteiger partial charge in [0.15, 0.2) is 0 Å². The number of aliphatic carboxylic acids is 1. The van der Waals surface area contributed by atoms with Gasteiger partial charge < -0.3 is 9.84 Å². The van der Waals surface area contributed by atoms with Crippen LogP contribution in [0.1, 0.15) is 37.8 Å². The van der Waals surface area contributed by atoms with Crippen molar-refractivity contribution in [2.75, 3.05) is 11.5 Å². The van der Waals surface area contributed by atoms with Gasteiger partial charge in [0.2, 0.25) is 5.91 Å². The second-order valence-electron chi connectivity index (χ2n) is 8.01. The third-order valence-electron chi connectivity index (χ3n) is 5.80. The van der Waals surface area contributed by atoms with Crippen molar-refractivity contribution in [3.63, 3.8) is 0 Å². The number of anilines is 1. The lowest BCUT2D eigenvalue weighted by molar-refractivity contribution is -0.149. The lowest BCUT2D eigenvalue weighted by Crippen LogP contribution is -2.45. The van der Waals surface area contributed by atoms with Crippen molar-refractivity contribution in [3.05, 3.63) is 65.7 Å². The lowest BCUT2D eigenvalue weighted by Gasteiger charge is -2.27. The van der Waals surface area contributed by atoms with Crippen molar-refractivity contribution >= 4 is 23.5 Å². The average Bonchev–Trinajstić information content (AvgIpc) is 3.16. The quantitative estimate of drug-likeness (QED) is 0.619. The largest absolute Gasteiger partial charge is 0.480 e. The fourth-order valence-corrected chi connectivity index (χ4v) is 4.20. The maximum absolute atomic E-state index is 13.3. The number of carbonyl (C=O) groups is 3. The van der Waals surface area contributed by atoms with Crippen molar-refractivity contribution in [3.8, 4) is 0 Å². The van der Waals surface area contributed by atoms with Gasteiger partial charge in [0.05, 0.1) is 12.5 Å². The normalized spacial score (nSPS) is 17.0. The second kappa shape index (κ2) is 10.2. The molecule has 1 heterocycles. The highest BCUT2D eigenvalue weighted by atomic mass is 16.5. The number of para-hydroxylation sites is 1. The smallest absolute Gasteiger partial charge is 0.327 e. The number of nitrogens with zero attached hydrogens (tertiary/aromatic N) is 1. The van der Waals surface area contributed by atoms with Crippen LogP contribution in [0.5, 0.6) is 0 Å². The van der Waals surface area contributed by atoms with Crippen LogP contribution in [0.4, 0.5) is 5.69 Å². The molecule has 0 aliphatic carbocycles. The summed E-state index contributed by atoms with van der Waals surface area (Å²) in [5, 5.41) is 9.67. The fraction of sp³-hybridized carbons (Fsp3) is 0.400. The van der Waals surface area contributed by atoms with Crippen molar-refractivity contribution in [2.45, 2.75) is 45.6 Å². The summed E-state index contributed by atoms with van der Waals surface area (Å²) in [4.78, 5) is 39.1. The first-order valence-electron chi connectivity index (χ1n) is 10.8. The maximum atomic E-state index is 13.3.